The average Bonchev–Trinajstić information content (AvgIpc) is 2.18. The van der Waals surface area contributed by atoms with Crippen molar-refractivity contribution in [3.05, 3.63) is 35.4 Å². The number of amides is 1. The number of hydrogen-bond donors (Lipinski definition) is 0. The van der Waals surface area contributed by atoms with Crippen molar-refractivity contribution in [3.63, 3.8) is 0 Å². The molecule has 1 amide bonds. The van der Waals surface area contributed by atoms with Gasteiger partial charge in [0.15, 0.2) is 0 Å². The summed E-state index contributed by atoms with van der Waals surface area (Å²) in [5.74, 6) is 0.477. The Morgan fingerprint density at radius 2 is 1.93 bits per heavy atom. The van der Waals surface area contributed by atoms with Crippen LogP contribution in [0.15, 0.2) is 24.3 Å². The fourth-order valence-corrected chi connectivity index (χ4v) is 1.81. The van der Waals surface area contributed by atoms with Gasteiger partial charge in [0.25, 0.3) is 0 Å². The van der Waals surface area contributed by atoms with Crippen LogP contribution >= 0.6 is 0 Å². The summed E-state index contributed by atoms with van der Waals surface area (Å²) in [6, 6.07) is 8.48. The highest BCUT2D eigenvalue weighted by Crippen LogP contribution is 2.27. The molecular weight excluding hydrogens is 190 g/mol. The Hall–Kier alpha value is -1.51. The summed E-state index contributed by atoms with van der Waals surface area (Å²) in [6.45, 7) is 3.62. The molecule has 0 bridgehead atoms. The van der Waals surface area contributed by atoms with E-state index < -0.39 is 0 Å². The number of nitrogens with zero attached hydrogens (tertiary/aromatic N) is 1. The average molecular weight is 205 g/mol. The van der Waals surface area contributed by atoms with Gasteiger partial charge in [0.2, 0.25) is 0 Å². The molecule has 0 saturated carbocycles. The molecule has 0 N–H and O–H groups in total. The van der Waals surface area contributed by atoms with E-state index in [0.717, 1.165) is 13.1 Å². The summed E-state index contributed by atoms with van der Waals surface area (Å²) in [6.07, 6.45) is -0.224. The molecule has 1 aliphatic rings. The van der Waals surface area contributed by atoms with Crippen molar-refractivity contribution in [1.82, 2.24) is 4.90 Å². The molecule has 3 nitrogen and oxygen atoms in total. The quantitative estimate of drug-likeness (QED) is 0.703. The predicted octanol–water partition coefficient (Wildman–Crippen LogP) is 2.16. The summed E-state index contributed by atoms with van der Waals surface area (Å²) in [7, 11) is 1.42. The van der Waals surface area contributed by atoms with Crippen LogP contribution in [-0.4, -0.2) is 31.2 Å². The SMILES string of the molecule is COC(=O)N1CC(c2ccc(C)cc2)C1. The molecular formula is C12H15NO2. The summed E-state index contributed by atoms with van der Waals surface area (Å²) < 4.78 is 4.64. The van der Waals surface area contributed by atoms with Gasteiger partial charge in [-0.05, 0) is 12.5 Å². The van der Waals surface area contributed by atoms with Crippen LogP contribution in [0, 0.1) is 6.92 Å². The Kier molecular flexibility index (Phi) is 2.62. The normalized spacial score (nSPS) is 16.0. The van der Waals surface area contributed by atoms with Gasteiger partial charge in [-0.25, -0.2) is 4.79 Å². The molecule has 2 rings (SSSR count). The number of rotatable bonds is 1. The maximum atomic E-state index is 11.1. The lowest BCUT2D eigenvalue weighted by Crippen LogP contribution is -2.48. The van der Waals surface area contributed by atoms with Gasteiger partial charge in [-0.15, -0.1) is 0 Å². The predicted molar refractivity (Wildman–Crippen MR) is 57.9 cm³/mol. The van der Waals surface area contributed by atoms with Crippen LogP contribution in [0.25, 0.3) is 0 Å². The maximum Gasteiger partial charge on any atom is 0.409 e. The number of carbonyl (C=O) groups excluding carboxylic acids is 1. The molecule has 0 radical (unpaired) electrons. The van der Waals surface area contributed by atoms with Gasteiger partial charge in [-0.2, -0.15) is 0 Å². The minimum absolute atomic E-state index is 0.224. The van der Waals surface area contributed by atoms with Crippen molar-refractivity contribution in [2.45, 2.75) is 12.8 Å². The lowest BCUT2D eigenvalue weighted by atomic mass is 9.91. The lowest BCUT2D eigenvalue weighted by molar-refractivity contribution is 0.0881. The first-order valence-corrected chi connectivity index (χ1v) is 5.10. The Bertz CT molecular complexity index is 352. The fraction of sp³-hybridized carbons (Fsp3) is 0.417. The highest BCUT2D eigenvalue weighted by Gasteiger charge is 2.31. The number of carbonyl (C=O) groups is 1. The monoisotopic (exact) mass is 205 g/mol. The summed E-state index contributed by atoms with van der Waals surface area (Å²) in [5.41, 5.74) is 2.57. The molecule has 80 valence electrons. The molecule has 1 fully saturated rings. The molecule has 3 heteroatoms. The molecule has 1 saturated heterocycles. The standard InChI is InChI=1S/C12H15NO2/c1-9-3-5-10(6-4-9)11-7-13(8-11)12(14)15-2/h3-6,11H,7-8H2,1-2H3. The number of likely N-dealkylation sites (tertiary alicyclic amines) is 1. The first-order chi connectivity index (χ1) is 7.20. The van der Waals surface area contributed by atoms with Crippen LogP contribution in [0.5, 0.6) is 0 Å². The zero-order chi connectivity index (χ0) is 10.8. The van der Waals surface area contributed by atoms with Crippen LogP contribution in [0.4, 0.5) is 4.79 Å². The van der Waals surface area contributed by atoms with Crippen LogP contribution in [0.3, 0.4) is 0 Å². The molecule has 1 aromatic carbocycles. The van der Waals surface area contributed by atoms with Gasteiger partial charge in [0.05, 0.1) is 7.11 Å². The second-order valence-electron chi connectivity index (χ2n) is 3.98. The molecule has 0 aromatic heterocycles. The molecule has 0 spiro atoms. The highest BCUT2D eigenvalue weighted by molar-refractivity contribution is 5.68. The molecule has 15 heavy (non-hydrogen) atoms. The van der Waals surface area contributed by atoms with E-state index in [4.69, 9.17) is 0 Å². The van der Waals surface area contributed by atoms with E-state index >= 15 is 0 Å². The number of hydrogen-bond acceptors (Lipinski definition) is 2. The third-order valence-corrected chi connectivity index (χ3v) is 2.86. The van der Waals surface area contributed by atoms with E-state index in [2.05, 4.69) is 35.9 Å². The smallest absolute Gasteiger partial charge is 0.409 e. The number of ether oxygens (including phenoxy) is 1. The molecule has 0 atom stereocenters. The van der Waals surface area contributed by atoms with Crippen LogP contribution in [0.1, 0.15) is 17.0 Å². The largest absolute Gasteiger partial charge is 0.453 e. The minimum atomic E-state index is -0.224. The van der Waals surface area contributed by atoms with Gasteiger partial charge < -0.3 is 9.64 Å². The lowest BCUT2D eigenvalue weighted by Gasteiger charge is -2.38. The van der Waals surface area contributed by atoms with Crippen LogP contribution < -0.4 is 0 Å². The van der Waals surface area contributed by atoms with Crippen molar-refractivity contribution >= 4 is 6.09 Å². The van der Waals surface area contributed by atoms with Crippen molar-refractivity contribution in [2.75, 3.05) is 20.2 Å². The third-order valence-electron chi connectivity index (χ3n) is 2.86. The molecule has 0 unspecified atom stereocenters. The number of methoxy groups -OCH3 is 1. The Morgan fingerprint density at radius 3 is 2.47 bits per heavy atom. The highest BCUT2D eigenvalue weighted by atomic mass is 16.5. The molecule has 1 aromatic rings. The Balaban J connectivity index is 1.94. The minimum Gasteiger partial charge on any atom is -0.453 e. The van der Waals surface area contributed by atoms with E-state index in [9.17, 15) is 4.79 Å². The van der Waals surface area contributed by atoms with Crippen LogP contribution in [0.2, 0.25) is 0 Å². The summed E-state index contributed by atoms with van der Waals surface area (Å²) in [4.78, 5) is 12.8. The molecule has 0 aliphatic carbocycles. The van der Waals surface area contributed by atoms with E-state index in [1.807, 2.05) is 0 Å². The van der Waals surface area contributed by atoms with E-state index in [0.29, 0.717) is 5.92 Å². The summed E-state index contributed by atoms with van der Waals surface area (Å²) >= 11 is 0. The van der Waals surface area contributed by atoms with Gasteiger partial charge in [-0.3, -0.25) is 0 Å². The zero-order valence-electron chi connectivity index (χ0n) is 9.06. The Morgan fingerprint density at radius 1 is 1.33 bits per heavy atom. The number of aryl methyl sites for hydroxylation is 1. The topological polar surface area (TPSA) is 29.5 Å². The fourth-order valence-electron chi connectivity index (χ4n) is 1.81. The second-order valence-corrected chi connectivity index (χ2v) is 3.98. The van der Waals surface area contributed by atoms with E-state index in [-0.39, 0.29) is 6.09 Å². The van der Waals surface area contributed by atoms with Crippen molar-refractivity contribution in [1.29, 1.82) is 0 Å². The van der Waals surface area contributed by atoms with Crippen molar-refractivity contribution in [2.24, 2.45) is 0 Å². The first-order valence-electron chi connectivity index (χ1n) is 5.10. The number of benzene rings is 1. The summed E-state index contributed by atoms with van der Waals surface area (Å²) in [5, 5.41) is 0. The van der Waals surface area contributed by atoms with Gasteiger partial charge in [-0.1, -0.05) is 29.8 Å². The first kappa shape index (κ1) is 10.0. The van der Waals surface area contributed by atoms with Gasteiger partial charge >= 0.3 is 6.09 Å². The molecule has 1 heterocycles. The van der Waals surface area contributed by atoms with Crippen LogP contribution in [-0.2, 0) is 4.74 Å². The Labute approximate surface area is 89.7 Å². The maximum absolute atomic E-state index is 11.1. The second kappa shape index (κ2) is 3.93. The van der Waals surface area contributed by atoms with Gasteiger partial charge in [0, 0.05) is 19.0 Å². The third kappa shape index (κ3) is 1.96. The van der Waals surface area contributed by atoms with Crippen molar-refractivity contribution < 1.29 is 9.53 Å². The zero-order valence-corrected chi connectivity index (χ0v) is 9.06. The molecule has 1 aliphatic heterocycles. The van der Waals surface area contributed by atoms with Crippen molar-refractivity contribution in [3.8, 4) is 0 Å². The van der Waals surface area contributed by atoms with E-state index in [1.165, 1.54) is 18.2 Å². The van der Waals surface area contributed by atoms with Gasteiger partial charge in [0.1, 0.15) is 0 Å². The van der Waals surface area contributed by atoms with E-state index in [1.54, 1.807) is 4.90 Å².